The Hall–Kier alpha value is -10.0. The molecule has 9 rings (SSSR count). The molecule has 0 aliphatic rings. The summed E-state index contributed by atoms with van der Waals surface area (Å²) in [4.78, 5) is 28.8. The second-order valence-electron chi connectivity index (χ2n) is 24.0. The molecule has 3 aromatic heterocycles. The normalized spacial score (nSPS) is 12.5. The highest BCUT2D eigenvalue weighted by atomic mass is 32.2. The molecule has 0 saturated heterocycles. The number of aryl methyl sites for hydroxylation is 3. The number of nitro groups is 1. The maximum Gasteiger partial charge on any atom is 0.297 e. The first kappa shape index (κ1) is 85.0. The van der Waals surface area contributed by atoms with E-state index in [1.165, 1.54) is 54.8 Å². The molecule has 8 N–H and O–H groups in total. The van der Waals surface area contributed by atoms with E-state index in [-0.39, 0.29) is 144 Å². The zero-order valence-corrected chi connectivity index (χ0v) is 65.9. The average Bonchev–Trinajstić information content (AvgIpc) is 1.60. The van der Waals surface area contributed by atoms with Crippen LogP contribution < -0.4 is 24.8 Å². The molecule has 9 aromatic rings. The first-order valence-corrected chi connectivity index (χ1v) is 43.6. The maximum atomic E-state index is 12.4. The molecule has 0 atom stereocenters. The first-order chi connectivity index (χ1) is 52.4. The Morgan fingerprint density at radius 1 is 0.559 bits per heavy atom. The van der Waals surface area contributed by atoms with Crippen LogP contribution in [-0.4, -0.2) is 160 Å². The Balaban J connectivity index is 1.23. The molecule has 38 nitrogen and oxygen atoms in total. The van der Waals surface area contributed by atoms with Crippen molar-refractivity contribution in [3.8, 4) is 29.2 Å². The number of nitrogens with one attached hydrogen (secondary N) is 2. The van der Waals surface area contributed by atoms with E-state index in [9.17, 15) is 85.3 Å². The number of pyridine rings is 1. The van der Waals surface area contributed by atoms with Crippen LogP contribution in [0.1, 0.15) is 66.8 Å². The lowest BCUT2D eigenvalue weighted by molar-refractivity contribution is -0.385. The molecule has 0 amide bonds. The van der Waals surface area contributed by atoms with Gasteiger partial charge in [0, 0.05) is 45.4 Å². The molecule has 0 aliphatic carbocycles. The molecule has 0 aliphatic heterocycles. The third-order valence-corrected chi connectivity index (χ3v) is 22.7. The second kappa shape index (κ2) is 36.9. The van der Waals surface area contributed by atoms with E-state index < -0.39 is 101 Å². The minimum atomic E-state index is -5.11. The van der Waals surface area contributed by atoms with Gasteiger partial charge in [-0.15, -0.1) is 54.2 Å². The number of aromatic hydroxyl groups is 1. The van der Waals surface area contributed by atoms with Crippen molar-refractivity contribution in [2.24, 2.45) is 40.9 Å². The highest BCUT2D eigenvalue weighted by Crippen LogP contribution is 2.46. The third-order valence-electron chi connectivity index (χ3n) is 15.4. The molecule has 0 saturated carbocycles. The number of anilines is 4. The van der Waals surface area contributed by atoms with Gasteiger partial charge in [-0.05, 0) is 149 Å². The molecule has 46 heteroatoms. The predicted octanol–water partition coefficient (Wildman–Crippen LogP) is 15.4. The molecule has 6 aromatic carbocycles. The number of nitriles is 1. The van der Waals surface area contributed by atoms with Crippen molar-refractivity contribution in [2.75, 3.05) is 71.2 Å². The molecule has 0 radical (unpaired) electrons. The van der Waals surface area contributed by atoms with Gasteiger partial charge in [0.05, 0.1) is 87.7 Å². The number of azo groups is 4. The number of benzene rings is 6. The van der Waals surface area contributed by atoms with Gasteiger partial charge in [-0.3, -0.25) is 37.3 Å². The summed E-state index contributed by atoms with van der Waals surface area (Å²) >= 11 is 3.04. The molecule has 0 spiro atoms. The number of thioether (sulfide) groups is 3. The van der Waals surface area contributed by atoms with Crippen LogP contribution in [0.3, 0.4) is 0 Å². The fourth-order valence-corrected chi connectivity index (χ4v) is 16.0. The molecule has 3 heterocycles. The highest BCUT2D eigenvalue weighted by molar-refractivity contribution is 8.00. The molecule has 0 bridgehead atoms. The number of rotatable bonds is 38. The number of methoxy groups -OCH3 is 1. The van der Waals surface area contributed by atoms with Crippen LogP contribution in [0.25, 0.3) is 16.7 Å². The topological polar surface area (TPSA) is 566 Å². The number of fused-ring (bicyclic) bond motifs is 3. The number of nitrogens with zero attached hydrogens (tertiary/aromatic N) is 15. The fourth-order valence-electron chi connectivity index (χ4n) is 10.1. The van der Waals surface area contributed by atoms with Crippen molar-refractivity contribution in [3.05, 3.63) is 129 Å². The number of hydrogen-bond donors (Lipinski definition) is 8. The monoisotopic (exact) mass is 1680 g/mol. The molecule has 111 heavy (non-hydrogen) atoms. The van der Waals surface area contributed by atoms with Crippen LogP contribution in [0.4, 0.5) is 74.5 Å². The zero-order chi connectivity index (χ0) is 80.8. The zero-order valence-electron chi connectivity index (χ0n) is 59.3. The first-order valence-electron chi connectivity index (χ1n) is 32.7. The summed E-state index contributed by atoms with van der Waals surface area (Å²) in [6.07, 6.45) is 0.148. The average molecular weight is 1680 g/mol. The summed E-state index contributed by atoms with van der Waals surface area (Å²) < 4.78 is 188. The number of aromatic nitrogens is 5. The summed E-state index contributed by atoms with van der Waals surface area (Å²) in [6, 6.07) is 23.5. The smallest absolute Gasteiger partial charge is 0.297 e. The summed E-state index contributed by atoms with van der Waals surface area (Å²) in [5, 5.41) is 76.0. The SMILES string of the molecule is CCCOc1ccc(C)cc1Nc1nc(Nc2cc(N=Nc3cc(OCCCS(=O)(=O)O)c(N=Nc4c(C)c(C#N)c5nc6cc(OC)ccc6n5c4O)cc3C)c(SCCCS(=O)(=O)O)cc2N=Nc2cc(C)c(N=Nc3ccc([N+](=O)[O-])cc3S(=O)(=O)O)cc2SCCCS(=O)(=O)O)nc(SCCCS(=O)(=O)O)n1. The van der Waals surface area contributed by atoms with Gasteiger partial charge in [0.1, 0.15) is 56.5 Å². The Morgan fingerprint density at radius 3 is 1.68 bits per heavy atom. The number of imidazole rings is 1. The van der Waals surface area contributed by atoms with E-state index in [1.807, 2.05) is 19.9 Å². The van der Waals surface area contributed by atoms with Gasteiger partial charge in [0.15, 0.2) is 16.5 Å². The summed E-state index contributed by atoms with van der Waals surface area (Å²) in [5.74, 6) is -2.46. The van der Waals surface area contributed by atoms with E-state index in [2.05, 4.69) is 62.3 Å². The summed E-state index contributed by atoms with van der Waals surface area (Å²) in [6.45, 7) is 8.46. The van der Waals surface area contributed by atoms with E-state index >= 15 is 0 Å². The molecular formula is C65H69N17O21S8. The van der Waals surface area contributed by atoms with Gasteiger partial charge in [0.25, 0.3) is 56.3 Å². The molecule has 0 fully saturated rings. The van der Waals surface area contributed by atoms with Crippen LogP contribution in [-0.2, 0) is 50.6 Å². The number of hydrogen-bond acceptors (Lipinski definition) is 34. The van der Waals surface area contributed by atoms with Crippen LogP contribution in [0.2, 0.25) is 0 Å². The number of ether oxygens (including phenoxy) is 3. The molecule has 0 unspecified atom stereocenters. The van der Waals surface area contributed by atoms with Crippen molar-refractivity contribution in [3.63, 3.8) is 0 Å². The number of non-ortho nitro benzene ring substituents is 1. The van der Waals surface area contributed by atoms with Crippen molar-refractivity contribution in [1.82, 2.24) is 24.3 Å². The Kier molecular flexibility index (Phi) is 28.2. The van der Waals surface area contributed by atoms with Crippen molar-refractivity contribution < 1.29 is 89.1 Å². The summed E-state index contributed by atoms with van der Waals surface area (Å²) in [7, 11) is -21.4. The standard InChI is InChI=1S/C65H69N17O21S8/c1-7-18-102-55-17-12-37(2)27-50(55)69-64-70-63(71-65(72-64)106-22-11-26-110(95,96)97)68-47-32-53(79-74-45-33-56(103-19-8-23-107(86,87)88)51(28-38(45)3)77-80-60-40(5)43(36-66)61-67-49-31-42(101-6)14-16-54(49)81(61)62(60)83)58(105-21-10-25-109(92,93)94)35-48(47)76-78-52-29-39(4)46(34-57(52)104-20-9-24-108(89,90)91)75-73-44-15-13-41(82(84)85)30-59(44)111(98,99)100/h12-17,27-35,83H,7-11,18-26H2,1-6H3,(H,86,87,88)(H,89,90,91)(H,92,93,94)(H,95,96,97)(H,98,99,100)(H2,68,69,70,71,72). The Morgan fingerprint density at radius 2 is 1.09 bits per heavy atom. The van der Waals surface area contributed by atoms with Gasteiger partial charge < -0.3 is 30.0 Å². The van der Waals surface area contributed by atoms with E-state index in [1.54, 1.807) is 44.2 Å². The van der Waals surface area contributed by atoms with Crippen LogP contribution in [0, 0.1) is 49.1 Å². The van der Waals surface area contributed by atoms with Crippen molar-refractivity contribution >= 4 is 177 Å². The lowest BCUT2D eigenvalue weighted by Crippen LogP contribution is -2.08. The van der Waals surface area contributed by atoms with Gasteiger partial charge in [-0.1, -0.05) is 24.8 Å². The predicted molar refractivity (Wildman–Crippen MR) is 414 cm³/mol. The van der Waals surface area contributed by atoms with Gasteiger partial charge >= 0.3 is 0 Å². The fraction of sp³-hybridized carbons (Fsp3) is 0.308. The third kappa shape index (κ3) is 24.2. The Bertz CT molecular complexity index is 5850. The van der Waals surface area contributed by atoms with Crippen LogP contribution in [0.5, 0.6) is 23.1 Å². The largest absolute Gasteiger partial charge is 0.497 e. The van der Waals surface area contributed by atoms with Crippen LogP contribution in [0.15, 0.2) is 152 Å². The quantitative estimate of drug-likeness (QED) is 0.00445. The minimum absolute atomic E-state index is 0.00531. The van der Waals surface area contributed by atoms with Crippen LogP contribution >= 0.6 is 35.3 Å². The molecule has 588 valence electrons. The van der Waals surface area contributed by atoms with E-state index in [0.717, 1.165) is 53.0 Å². The highest BCUT2D eigenvalue weighted by Gasteiger charge is 2.25. The Labute approximate surface area is 648 Å². The van der Waals surface area contributed by atoms with E-state index in [4.69, 9.17) is 29.4 Å². The molecular weight excluding hydrogens is 1610 g/mol. The van der Waals surface area contributed by atoms with Gasteiger partial charge in [0.2, 0.25) is 17.8 Å². The lowest BCUT2D eigenvalue weighted by Gasteiger charge is -2.15. The van der Waals surface area contributed by atoms with Gasteiger partial charge in [-0.2, -0.15) is 72.5 Å². The second-order valence-corrected chi connectivity index (χ2v) is 35.0. The maximum absolute atomic E-state index is 12.4. The lowest BCUT2D eigenvalue weighted by atomic mass is 10.1. The van der Waals surface area contributed by atoms with Gasteiger partial charge in [-0.25, -0.2) is 4.98 Å². The van der Waals surface area contributed by atoms with Crippen molar-refractivity contribution in [2.45, 2.75) is 86.6 Å². The van der Waals surface area contributed by atoms with E-state index in [0.29, 0.717) is 58.4 Å². The summed E-state index contributed by atoms with van der Waals surface area (Å²) in [5.41, 5.74) is 1.88. The minimum Gasteiger partial charge on any atom is -0.497 e. The number of nitro benzene ring substituents is 1. The van der Waals surface area contributed by atoms with Crippen molar-refractivity contribution in [1.29, 1.82) is 5.26 Å².